The second-order valence-corrected chi connectivity index (χ2v) is 4.63. The van der Waals surface area contributed by atoms with Crippen molar-refractivity contribution in [2.24, 2.45) is 0 Å². The standard InChI is InChI=1S/C16H17NO4/c1-4-9-17-15(18)11(3)20-16(19)14-10(2)12-7-5-6-8-13(12)21-14/h4-8,11H,1,9H2,2-3H3,(H,17,18)/t11-/m1/s1. The van der Waals surface area contributed by atoms with Gasteiger partial charge in [0.25, 0.3) is 5.91 Å². The molecule has 1 N–H and O–H groups in total. The molecule has 110 valence electrons. The van der Waals surface area contributed by atoms with Gasteiger partial charge >= 0.3 is 5.97 Å². The first kappa shape index (κ1) is 14.8. The number of aryl methyl sites for hydroxylation is 1. The van der Waals surface area contributed by atoms with Crippen molar-refractivity contribution in [2.75, 3.05) is 6.54 Å². The average Bonchev–Trinajstić information content (AvgIpc) is 2.82. The summed E-state index contributed by atoms with van der Waals surface area (Å²) in [5.41, 5.74) is 1.32. The summed E-state index contributed by atoms with van der Waals surface area (Å²) in [5, 5.41) is 3.42. The highest BCUT2D eigenvalue weighted by molar-refractivity contribution is 5.97. The number of carbonyl (C=O) groups excluding carboxylic acids is 2. The molecule has 0 fully saturated rings. The summed E-state index contributed by atoms with van der Waals surface area (Å²) < 4.78 is 10.6. The lowest BCUT2D eigenvalue weighted by atomic mass is 10.1. The van der Waals surface area contributed by atoms with Gasteiger partial charge in [0.2, 0.25) is 5.76 Å². The normalized spacial score (nSPS) is 11.9. The summed E-state index contributed by atoms with van der Waals surface area (Å²) in [6.07, 6.45) is 0.653. The molecule has 0 aliphatic carbocycles. The molecule has 0 saturated carbocycles. The number of benzene rings is 1. The molecule has 0 aliphatic heterocycles. The molecule has 0 aliphatic rings. The molecule has 1 aromatic carbocycles. The first-order valence-electron chi connectivity index (χ1n) is 6.62. The van der Waals surface area contributed by atoms with E-state index in [0.717, 1.165) is 5.39 Å². The fraction of sp³-hybridized carbons (Fsp3) is 0.250. The average molecular weight is 287 g/mol. The second-order valence-electron chi connectivity index (χ2n) is 4.63. The van der Waals surface area contributed by atoms with Gasteiger partial charge in [0.15, 0.2) is 6.10 Å². The highest BCUT2D eigenvalue weighted by atomic mass is 16.6. The van der Waals surface area contributed by atoms with Crippen LogP contribution in [0.3, 0.4) is 0 Å². The van der Waals surface area contributed by atoms with Crippen molar-refractivity contribution in [1.82, 2.24) is 5.32 Å². The number of hydrogen-bond acceptors (Lipinski definition) is 4. The second kappa shape index (κ2) is 6.26. The number of rotatable bonds is 5. The largest absolute Gasteiger partial charge is 0.449 e. The zero-order chi connectivity index (χ0) is 15.4. The molecule has 0 spiro atoms. The Morgan fingerprint density at radius 1 is 1.43 bits per heavy atom. The highest BCUT2D eigenvalue weighted by Crippen LogP contribution is 2.25. The summed E-state index contributed by atoms with van der Waals surface area (Å²) in [6.45, 7) is 7.11. The Hall–Kier alpha value is -2.56. The molecule has 1 amide bonds. The molecule has 1 atom stereocenters. The molecule has 5 heteroatoms. The van der Waals surface area contributed by atoms with E-state index < -0.39 is 12.1 Å². The maximum atomic E-state index is 12.1. The zero-order valence-corrected chi connectivity index (χ0v) is 12.0. The van der Waals surface area contributed by atoms with Gasteiger partial charge in [-0.2, -0.15) is 0 Å². The van der Waals surface area contributed by atoms with Crippen LogP contribution in [-0.4, -0.2) is 24.5 Å². The van der Waals surface area contributed by atoms with Gasteiger partial charge in [-0.15, -0.1) is 6.58 Å². The maximum Gasteiger partial charge on any atom is 0.375 e. The summed E-state index contributed by atoms with van der Waals surface area (Å²) in [4.78, 5) is 23.8. The minimum atomic E-state index is -0.898. The SMILES string of the molecule is C=CCNC(=O)[C@@H](C)OC(=O)c1oc2ccccc2c1C. The third-order valence-electron chi connectivity index (χ3n) is 3.10. The van der Waals surface area contributed by atoms with Crippen molar-refractivity contribution >= 4 is 22.8 Å². The Morgan fingerprint density at radius 2 is 2.14 bits per heavy atom. The lowest BCUT2D eigenvalue weighted by Gasteiger charge is -2.11. The van der Waals surface area contributed by atoms with E-state index >= 15 is 0 Å². The number of fused-ring (bicyclic) bond motifs is 1. The summed E-state index contributed by atoms with van der Waals surface area (Å²) in [6, 6.07) is 7.33. The molecular formula is C16H17NO4. The van der Waals surface area contributed by atoms with Gasteiger partial charge in [-0.1, -0.05) is 24.3 Å². The molecule has 0 bridgehead atoms. The van der Waals surface area contributed by atoms with Gasteiger partial charge in [-0.3, -0.25) is 4.79 Å². The minimum Gasteiger partial charge on any atom is -0.449 e. The summed E-state index contributed by atoms with van der Waals surface area (Å²) in [5.74, 6) is -0.901. The van der Waals surface area contributed by atoms with Gasteiger partial charge in [-0.05, 0) is 19.9 Å². The third kappa shape index (κ3) is 3.13. The summed E-state index contributed by atoms with van der Waals surface area (Å²) in [7, 11) is 0. The Labute approximate surface area is 122 Å². The number of ether oxygens (including phenoxy) is 1. The van der Waals surface area contributed by atoms with Crippen LogP contribution in [-0.2, 0) is 9.53 Å². The number of nitrogens with one attached hydrogen (secondary N) is 1. The van der Waals surface area contributed by atoms with Crippen LogP contribution in [0.2, 0.25) is 0 Å². The monoisotopic (exact) mass is 287 g/mol. The van der Waals surface area contributed by atoms with Crippen LogP contribution in [0.4, 0.5) is 0 Å². The van der Waals surface area contributed by atoms with E-state index in [1.165, 1.54) is 6.92 Å². The molecule has 1 aromatic heterocycles. The summed E-state index contributed by atoms with van der Waals surface area (Å²) >= 11 is 0. The molecule has 0 unspecified atom stereocenters. The maximum absolute atomic E-state index is 12.1. The Kier molecular flexibility index (Phi) is 4.42. The van der Waals surface area contributed by atoms with Crippen molar-refractivity contribution in [2.45, 2.75) is 20.0 Å². The fourth-order valence-corrected chi connectivity index (χ4v) is 1.95. The van der Waals surface area contributed by atoms with Crippen molar-refractivity contribution in [3.8, 4) is 0 Å². The third-order valence-corrected chi connectivity index (χ3v) is 3.10. The van der Waals surface area contributed by atoms with Crippen molar-refractivity contribution in [3.05, 3.63) is 48.2 Å². The molecule has 1 heterocycles. The Bertz CT molecular complexity index is 687. The number of esters is 1. The van der Waals surface area contributed by atoms with E-state index in [1.54, 1.807) is 19.1 Å². The van der Waals surface area contributed by atoms with Gasteiger partial charge in [-0.25, -0.2) is 4.79 Å². The number of amides is 1. The predicted octanol–water partition coefficient (Wildman–Crippen LogP) is 2.59. The van der Waals surface area contributed by atoms with Crippen LogP contribution >= 0.6 is 0 Å². The molecule has 0 radical (unpaired) electrons. The van der Waals surface area contributed by atoms with E-state index in [9.17, 15) is 9.59 Å². The predicted molar refractivity (Wildman–Crippen MR) is 79.0 cm³/mol. The van der Waals surface area contributed by atoms with Crippen LogP contribution in [0.5, 0.6) is 0 Å². The van der Waals surface area contributed by atoms with Crippen LogP contribution in [0, 0.1) is 6.92 Å². The molecular weight excluding hydrogens is 270 g/mol. The van der Waals surface area contributed by atoms with Crippen LogP contribution < -0.4 is 5.32 Å². The van der Waals surface area contributed by atoms with Crippen LogP contribution in [0.25, 0.3) is 11.0 Å². The molecule has 5 nitrogen and oxygen atoms in total. The molecule has 0 saturated heterocycles. The quantitative estimate of drug-likeness (QED) is 0.678. The van der Waals surface area contributed by atoms with Crippen molar-refractivity contribution in [1.29, 1.82) is 0 Å². The van der Waals surface area contributed by atoms with Crippen molar-refractivity contribution in [3.63, 3.8) is 0 Å². The van der Waals surface area contributed by atoms with E-state index in [2.05, 4.69) is 11.9 Å². The molecule has 21 heavy (non-hydrogen) atoms. The Balaban J connectivity index is 2.13. The lowest BCUT2D eigenvalue weighted by molar-refractivity contribution is -0.128. The van der Waals surface area contributed by atoms with Gasteiger partial charge in [0.1, 0.15) is 5.58 Å². The first-order valence-corrected chi connectivity index (χ1v) is 6.62. The van der Waals surface area contributed by atoms with E-state index in [0.29, 0.717) is 17.7 Å². The van der Waals surface area contributed by atoms with Crippen LogP contribution in [0.1, 0.15) is 23.0 Å². The van der Waals surface area contributed by atoms with Gasteiger partial charge < -0.3 is 14.5 Å². The zero-order valence-electron chi connectivity index (χ0n) is 12.0. The van der Waals surface area contributed by atoms with Crippen LogP contribution in [0.15, 0.2) is 41.3 Å². The topological polar surface area (TPSA) is 68.5 Å². The van der Waals surface area contributed by atoms with Gasteiger partial charge in [0.05, 0.1) is 0 Å². The number of hydrogen-bond donors (Lipinski definition) is 1. The highest BCUT2D eigenvalue weighted by Gasteiger charge is 2.23. The lowest BCUT2D eigenvalue weighted by Crippen LogP contribution is -2.35. The minimum absolute atomic E-state index is 0.125. The van der Waals surface area contributed by atoms with Crippen molar-refractivity contribution < 1.29 is 18.7 Å². The van der Waals surface area contributed by atoms with Gasteiger partial charge in [0, 0.05) is 17.5 Å². The number of furan rings is 1. The fourth-order valence-electron chi connectivity index (χ4n) is 1.95. The van der Waals surface area contributed by atoms with E-state index in [-0.39, 0.29) is 11.7 Å². The van der Waals surface area contributed by atoms with E-state index in [1.807, 2.05) is 18.2 Å². The van der Waals surface area contributed by atoms with E-state index in [4.69, 9.17) is 9.15 Å². The number of carbonyl (C=O) groups is 2. The molecule has 2 aromatic rings. The number of para-hydroxylation sites is 1. The first-order chi connectivity index (χ1) is 10.0. The Morgan fingerprint density at radius 3 is 2.81 bits per heavy atom. The molecule has 2 rings (SSSR count). The smallest absolute Gasteiger partial charge is 0.375 e.